The highest BCUT2D eigenvalue weighted by Gasteiger charge is 2.02. The Morgan fingerprint density at radius 2 is 2.19 bits per heavy atom. The van der Waals surface area contributed by atoms with E-state index >= 15 is 0 Å². The summed E-state index contributed by atoms with van der Waals surface area (Å²) in [7, 11) is 0. The van der Waals surface area contributed by atoms with Crippen LogP contribution in [0.2, 0.25) is 0 Å². The predicted octanol–water partition coefficient (Wildman–Crippen LogP) is 3.53. The van der Waals surface area contributed by atoms with E-state index in [2.05, 4.69) is 49.7 Å². The van der Waals surface area contributed by atoms with E-state index in [9.17, 15) is 0 Å². The van der Waals surface area contributed by atoms with Crippen molar-refractivity contribution in [3.8, 4) is 0 Å². The highest BCUT2D eigenvalue weighted by atomic mass is 79.9. The molecule has 0 unspecified atom stereocenters. The Hall–Kier alpha value is -0.940. The summed E-state index contributed by atoms with van der Waals surface area (Å²) in [4.78, 5) is 4.26. The van der Waals surface area contributed by atoms with Crippen molar-refractivity contribution in [1.29, 1.82) is 0 Å². The molecule has 0 saturated heterocycles. The fourth-order valence-corrected chi connectivity index (χ4v) is 2.35. The number of aromatic nitrogens is 2. The van der Waals surface area contributed by atoms with Crippen molar-refractivity contribution in [2.45, 2.75) is 20.4 Å². The van der Waals surface area contributed by atoms with Gasteiger partial charge in [-0.1, -0.05) is 22.0 Å². The van der Waals surface area contributed by atoms with Crippen LogP contribution < -0.4 is 5.32 Å². The van der Waals surface area contributed by atoms with Crippen LogP contribution in [0.1, 0.15) is 17.0 Å². The molecule has 16 heavy (non-hydrogen) atoms. The molecule has 0 aliphatic rings. The van der Waals surface area contributed by atoms with Gasteiger partial charge in [-0.2, -0.15) is 4.37 Å². The highest BCUT2D eigenvalue weighted by molar-refractivity contribution is 9.10. The first-order valence-corrected chi connectivity index (χ1v) is 6.51. The van der Waals surface area contributed by atoms with E-state index in [1.807, 2.05) is 13.0 Å². The van der Waals surface area contributed by atoms with E-state index in [1.165, 1.54) is 22.7 Å². The van der Waals surface area contributed by atoms with E-state index < -0.39 is 0 Å². The van der Waals surface area contributed by atoms with Gasteiger partial charge in [0.1, 0.15) is 5.82 Å². The summed E-state index contributed by atoms with van der Waals surface area (Å²) in [5, 5.41) is 4.15. The largest absolute Gasteiger partial charge is 0.356 e. The van der Waals surface area contributed by atoms with Gasteiger partial charge in [0, 0.05) is 22.5 Å². The monoisotopic (exact) mass is 297 g/mol. The van der Waals surface area contributed by atoms with E-state index in [0.717, 1.165) is 22.0 Å². The van der Waals surface area contributed by atoms with E-state index in [4.69, 9.17) is 0 Å². The number of anilines is 1. The zero-order chi connectivity index (χ0) is 11.5. The first kappa shape index (κ1) is 11.5. The Balaban J connectivity index is 2.07. The van der Waals surface area contributed by atoms with Crippen molar-refractivity contribution in [1.82, 2.24) is 9.36 Å². The molecule has 0 aliphatic heterocycles. The Bertz CT molecular complexity index is 496. The van der Waals surface area contributed by atoms with Gasteiger partial charge in [0.2, 0.25) is 5.13 Å². The van der Waals surface area contributed by atoms with Crippen LogP contribution in [-0.2, 0) is 6.54 Å². The van der Waals surface area contributed by atoms with Crippen LogP contribution in [0, 0.1) is 13.8 Å². The standard InChI is InChI=1S/C11H12BrN3S/c1-7-3-4-10(12)5-9(7)6-13-11-14-8(2)15-16-11/h3-5H,6H2,1-2H3,(H,13,14,15). The van der Waals surface area contributed by atoms with Crippen LogP contribution in [0.15, 0.2) is 22.7 Å². The first-order chi connectivity index (χ1) is 7.65. The minimum absolute atomic E-state index is 0.778. The lowest BCUT2D eigenvalue weighted by molar-refractivity contribution is 1.08. The number of benzene rings is 1. The van der Waals surface area contributed by atoms with Crippen LogP contribution in [0.5, 0.6) is 0 Å². The van der Waals surface area contributed by atoms with E-state index in [1.54, 1.807) is 0 Å². The Morgan fingerprint density at radius 3 is 2.88 bits per heavy atom. The molecule has 0 atom stereocenters. The summed E-state index contributed by atoms with van der Waals surface area (Å²) in [6.45, 7) is 4.78. The van der Waals surface area contributed by atoms with Crippen LogP contribution in [-0.4, -0.2) is 9.36 Å². The molecule has 1 aromatic carbocycles. The first-order valence-electron chi connectivity index (χ1n) is 4.94. The lowest BCUT2D eigenvalue weighted by Crippen LogP contribution is -2.00. The molecule has 0 radical (unpaired) electrons. The SMILES string of the molecule is Cc1nsc(NCc2cc(Br)ccc2C)n1. The molecule has 3 nitrogen and oxygen atoms in total. The molecule has 0 aliphatic carbocycles. The maximum absolute atomic E-state index is 4.26. The second kappa shape index (κ2) is 4.93. The highest BCUT2D eigenvalue weighted by Crippen LogP contribution is 2.18. The Morgan fingerprint density at radius 1 is 1.38 bits per heavy atom. The van der Waals surface area contributed by atoms with Crippen LogP contribution in [0.25, 0.3) is 0 Å². The second-order valence-corrected chi connectivity index (χ2v) is 5.24. The molecule has 0 amide bonds. The summed E-state index contributed by atoms with van der Waals surface area (Å²) in [6.07, 6.45) is 0. The van der Waals surface area contributed by atoms with Gasteiger partial charge in [0.25, 0.3) is 0 Å². The van der Waals surface area contributed by atoms with Gasteiger partial charge in [-0.05, 0) is 37.1 Å². The van der Waals surface area contributed by atoms with E-state index in [0.29, 0.717) is 0 Å². The fraction of sp³-hybridized carbons (Fsp3) is 0.273. The lowest BCUT2D eigenvalue weighted by atomic mass is 10.1. The molecule has 2 aromatic rings. The minimum Gasteiger partial charge on any atom is -0.356 e. The van der Waals surface area contributed by atoms with E-state index in [-0.39, 0.29) is 0 Å². The number of rotatable bonds is 3. The van der Waals surface area contributed by atoms with Crippen molar-refractivity contribution < 1.29 is 0 Å². The molecular weight excluding hydrogens is 286 g/mol. The molecule has 1 aromatic heterocycles. The molecule has 0 fully saturated rings. The van der Waals surface area contributed by atoms with Crippen molar-refractivity contribution in [3.05, 3.63) is 39.6 Å². The molecule has 5 heteroatoms. The number of aryl methyl sites for hydroxylation is 2. The number of nitrogens with one attached hydrogen (secondary N) is 1. The van der Waals surface area contributed by atoms with Crippen molar-refractivity contribution in [2.75, 3.05) is 5.32 Å². The third-order valence-corrected chi connectivity index (χ3v) is 3.53. The molecule has 1 N–H and O–H groups in total. The minimum atomic E-state index is 0.778. The average molecular weight is 298 g/mol. The number of hydrogen-bond acceptors (Lipinski definition) is 4. The molecule has 0 saturated carbocycles. The van der Waals surface area contributed by atoms with Gasteiger partial charge in [0.05, 0.1) is 0 Å². The van der Waals surface area contributed by atoms with Gasteiger partial charge in [-0.25, -0.2) is 4.98 Å². The molecule has 0 bridgehead atoms. The van der Waals surface area contributed by atoms with Crippen LogP contribution >= 0.6 is 27.5 Å². The summed E-state index contributed by atoms with van der Waals surface area (Å²) < 4.78 is 5.23. The topological polar surface area (TPSA) is 37.8 Å². The Kier molecular flexibility index (Phi) is 3.56. The summed E-state index contributed by atoms with van der Waals surface area (Å²) in [5.41, 5.74) is 2.54. The lowest BCUT2D eigenvalue weighted by Gasteiger charge is -2.06. The van der Waals surface area contributed by atoms with Gasteiger partial charge in [-0.15, -0.1) is 0 Å². The molecule has 84 valence electrons. The van der Waals surface area contributed by atoms with Crippen LogP contribution in [0.4, 0.5) is 5.13 Å². The Labute approximate surface area is 107 Å². The molecule has 1 heterocycles. The van der Waals surface area contributed by atoms with Crippen molar-refractivity contribution in [3.63, 3.8) is 0 Å². The van der Waals surface area contributed by atoms with Gasteiger partial charge in [0.15, 0.2) is 0 Å². The number of nitrogens with zero attached hydrogens (tertiary/aromatic N) is 2. The fourth-order valence-electron chi connectivity index (χ4n) is 1.37. The normalized spacial score (nSPS) is 10.4. The second-order valence-electron chi connectivity index (χ2n) is 3.57. The van der Waals surface area contributed by atoms with Crippen LogP contribution in [0.3, 0.4) is 0 Å². The predicted molar refractivity (Wildman–Crippen MR) is 70.9 cm³/mol. The summed E-state index contributed by atoms with van der Waals surface area (Å²) >= 11 is 4.87. The third kappa shape index (κ3) is 2.80. The quantitative estimate of drug-likeness (QED) is 0.942. The molecule has 0 spiro atoms. The van der Waals surface area contributed by atoms with Gasteiger partial charge >= 0.3 is 0 Å². The number of hydrogen-bond donors (Lipinski definition) is 1. The molecule has 2 rings (SSSR count). The van der Waals surface area contributed by atoms with Crippen molar-refractivity contribution in [2.24, 2.45) is 0 Å². The third-order valence-electron chi connectivity index (χ3n) is 2.27. The number of halogens is 1. The maximum atomic E-state index is 4.26. The summed E-state index contributed by atoms with van der Waals surface area (Å²) in [5.74, 6) is 0.818. The molecular formula is C11H12BrN3S. The maximum Gasteiger partial charge on any atom is 0.202 e. The zero-order valence-electron chi connectivity index (χ0n) is 9.12. The average Bonchev–Trinajstić information content (AvgIpc) is 2.66. The van der Waals surface area contributed by atoms with Gasteiger partial charge < -0.3 is 5.32 Å². The zero-order valence-corrected chi connectivity index (χ0v) is 11.5. The van der Waals surface area contributed by atoms with Gasteiger partial charge in [-0.3, -0.25) is 0 Å². The van der Waals surface area contributed by atoms with Crippen molar-refractivity contribution >= 4 is 32.6 Å². The summed E-state index contributed by atoms with van der Waals surface area (Å²) in [6, 6.07) is 6.27. The smallest absolute Gasteiger partial charge is 0.202 e.